The number of benzene rings is 1. The number of pyridine rings is 1. The van der Waals surface area contributed by atoms with Gasteiger partial charge >= 0.3 is 6.18 Å². The molecule has 2 aromatic rings. The molecule has 6 nitrogen and oxygen atoms in total. The number of carbonyl (C=O) groups excluding carboxylic acids is 2. The van der Waals surface area contributed by atoms with Crippen LogP contribution in [0.4, 0.5) is 18.9 Å². The molecule has 1 atom stereocenters. The van der Waals surface area contributed by atoms with E-state index in [1.165, 1.54) is 11.0 Å². The topological polar surface area (TPSA) is 82.5 Å². The van der Waals surface area contributed by atoms with Crippen molar-refractivity contribution in [1.82, 2.24) is 9.88 Å². The molecule has 3 rings (SSSR count). The lowest BCUT2D eigenvalue weighted by Crippen LogP contribution is -2.47. The van der Waals surface area contributed by atoms with E-state index in [4.69, 9.17) is 11.6 Å². The first-order valence-corrected chi connectivity index (χ1v) is 9.39. The summed E-state index contributed by atoms with van der Waals surface area (Å²) in [7, 11) is 0. The van der Waals surface area contributed by atoms with Gasteiger partial charge in [-0.15, -0.1) is 0 Å². The van der Waals surface area contributed by atoms with E-state index in [9.17, 15) is 27.9 Å². The molecule has 10 heteroatoms. The molecule has 2 amide bonds. The van der Waals surface area contributed by atoms with Crippen molar-refractivity contribution in [3.8, 4) is 0 Å². The van der Waals surface area contributed by atoms with Crippen LogP contribution in [0, 0.1) is 0 Å². The van der Waals surface area contributed by atoms with E-state index >= 15 is 0 Å². The second-order valence-corrected chi connectivity index (χ2v) is 7.99. The van der Waals surface area contributed by atoms with Crippen molar-refractivity contribution >= 4 is 29.1 Å². The first-order valence-electron chi connectivity index (χ1n) is 9.01. The average Bonchev–Trinajstić information content (AvgIpc) is 2.97. The molecular weight excluding hydrogens is 423 g/mol. The number of halogens is 4. The largest absolute Gasteiger partial charge is 0.433 e. The van der Waals surface area contributed by atoms with Crippen LogP contribution in [0.25, 0.3) is 0 Å². The van der Waals surface area contributed by atoms with Crippen LogP contribution in [0.2, 0.25) is 5.02 Å². The summed E-state index contributed by atoms with van der Waals surface area (Å²) in [6, 6.07) is 5.89. The maximum absolute atomic E-state index is 12.9. The zero-order valence-electron chi connectivity index (χ0n) is 16.3. The van der Waals surface area contributed by atoms with Crippen LogP contribution < -0.4 is 5.32 Å². The maximum atomic E-state index is 12.9. The van der Waals surface area contributed by atoms with Crippen LogP contribution >= 0.6 is 11.6 Å². The minimum atomic E-state index is -4.74. The standard InChI is InChI=1S/C20H19ClF3N3O3/c1-10(19(2,3)30)27-9-11-5-4-6-13(15(11)18(27)29)25-17(28)16-12(21)7-8-14(26-16)20(22,23)24/h4-8,10,30H,9H2,1-3H3,(H,25,28)/t10-/m1/s1. The van der Waals surface area contributed by atoms with E-state index < -0.39 is 41.0 Å². The summed E-state index contributed by atoms with van der Waals surface area (Å²) < 4.78 is 38.8. The van der Waals surface area contributed by atoms with Crippen LogP contribution in [0.3, 0.4) is 0 Å². The Morgan fingerprint density at radius 2 is 1.93 bits per heavy atom. The number of alkyl halides is 3. The van der Waals surface area contributed by atoms with Gasteiger partial charge in [0.2, 0.25) is 0 Å². The highest BCUT2D eigenvalue weighted by Gasteiger charge is 2.39. The summed E-state index contributed by atoms with van der Waals surface area (Å²) in [5.41, 5.74) is -2.05. The lowest BCUT2D eigenvalue weighted by Gasteiger charge is -2.33. The van der Waals surface area contributed by atoms with Gasteiger partial charge in [-0.1, -0.05) is 23.7 Å². The minimum Gasteiger partial charge on any atom is -0.388 e. The van der Waals surface area contributed by atoms with Crippen LogP contribution in [0.5, 0.6) is 0 Å². The fourth-order valence-corrected chi connectivity index (χ4v) is 3.31. The molecule has 0 spiro atoms. The fourth-order valence-electron chi connectivity index (χ4n) is 3.12. The molecule has 0 fully saturated rings. The quantitative estimate of drug-likeness (QED) is 0.747. The van der Waals surface area contributed by atoms with Gasteiger partial charge in [0.25, 0.3) is 11.8 Å². The summed E-state index contributed by atoms with van der Waals surface area (Å²) in [6.07, 6.45) is -4.74. The number of nitrogens with one attached hydrogen (secondary N) is 1. The first-order chi connectivity index (χ1) is 13.8. The van der Waals surface area contributed by atoms with E-state index in [1.807, 2.05) is 0 Å². The molecule has 1 aliphatic rings. The Morgan fingerprint density at radius 3 is 2.53 bits per heavy atom. The molecule has 0 radical (unpaired) electrons. The highest BCUT2D eigenvalue weighted by molar-refractivity contribution is 6.34. The molecule has 1 aromatic heterocycles. The number of aliphatic hydroxyl groups is 1. The van der Waals surface area contributed by atoms with Crippen molar-refractivity contribution < 1.29 is 27.9 Å². The Kier molecular flexibility index (Phi) is 5.55. The molecule has 2 heterocycles. The van der Waals surface area contributed by atoms with Gasteiger partial charge in [-0.05, 0) is 44.5 Å². The molecule has 0 aliphatic carbocycles. The third kappa shape index (κ3) is 4.13. The molecule has 0 saturated carbocycles. The number of hydrogen-bond donors (Lipinski definition) is 2. The van der Waals surface area contributed by atoms with E-state index in [0.29, 0.717) is 11.6 Å². The van der Waals surface area contributed by atoms with Gasteiger partial charge in [-0.3, -0.25) is 9.59 Å². The van der Waals surface area contributed by atoms with Crippen molar-refractivity contribution in [2.75, 3.05) is 5.32 Å². The molecule has 30 heavy (non-hydrogen) atoms. The maximum Gasteiger partial charge on any atom is 0.433 e. The van der Waals surface area contributed by atoms with Crippen molar-refractivity contribution in [2.24, 2.45) is 0 Å². The summed E-state index contributed by atoms with van der Waals surface area (Å²) in [5.74, 6) is -1.38. The summed E-state index contributed by atoms with van der Waals surface area (Å²) in [6.45, 7) is 5.09. The Bertz CT molecular complexity index is 1020. The van der Waals surface area contributed by atoms with Gasteiger partial charge in [0.1, 0.15) is 11.4 Å². The molecule has 0 bridgehead atoms. The van der Waals surface area contributed by atoms with Crippen LogP contribution in [-0.4, -0.2) is 38.4 Å². The summed E-state index contributed by atoms with van der Waals surface area (Å²) >= 11 is 5.87. The Morgan fingerprint density at radius 1 is 1.27 bits per heavy atom. The molecule has 0 unspecified atom stereocenters. The van der Waals surface area contributed by atoms with E-state index in [2.05, 4.69) is 10.3 Å². The Hall–Kier alpha value is -2.65. The number of rotatable bonds is 4. The Labute approximate surface area is 175 Å². The SMILES string of the molecule is C[C@@H](N1Cc2cccc(NC(=O)c3nc(C(F)(F)F)ccc3Cl)c2C1=O)C(C)(C)O. The van der Waals surface area contributed by atoms with Gasteiger partial charge < -0.3 is 15.3 Å². The predicted octanol–water partition coefficient (Wildman–Crippen LogP) is 4.12. The van der Waals surface area contributed by atoms with Crippen LogP contribution in [-0.2, 0) is 12.7 Å². The van der Waals surface area contributed by atoms with Gasteiger partial charge in [0.15, 0.2) is 0 Å². The highest BCUT2D eigenvalue weighted by atomic mass is 35.5. The fraction of sp³-hybridized carbons (Fsp3) is 0.350. The van der Waals surface area contributed by atoms with E-state index in [-0.39, 0.29) is 22.8 Å². The van der Waals surface area contributed by atoms with Crippen molar-refractivity contribution in [2.45, 2.75) is 45.1 Å². The van der Waals surface area contributed by atoms with Gasteiger partial charge in [0.05, 0.1) is 27.9 Å². The average molecular weight is 442 g/mol. The second kappa shape index (κ2) is 7.55. The molecule has 2 N–H and O–H groups in total. The highest BCUT2D eigenvalue weighted by Crippen LogP contribution is 2.34. The third-order valence-electron chi connectivity index (χ3n) is 5.06. The monoisotopic (exact) mass is 441 g/mol. The first kappa shape index (κ1) is 22.0. The molecule has 1 aliphatic heterocycles. The van der Waals surface area contributed by atoms with Crippen molar-refractivity contribution in [3.05, 3.63) is 57.9 Å². The summed E-state index contributed by atoms with van der Waals surface area (Å²) in [5, 5.41) is 12.4. The zero-order valence-corrected chi connectivity index (χ0v) is 17.1. The van der Waals surface area contributed by atoms with Crippen molar-refractivity contribution in [1.29, 1.82) is 0 Å². The number of hydrogen-bond acceptors (Lipinski definition) is 4. The van der Waals surface area contributed by atoms with Gasteiger partial charge in [-0.2, -0.15) is 13.2 Å². The second-order valence-electron chi connectivity index (χ2n) is 7.58. The normalized spacial score (nSPS) is 15.2. The van der Waals surface area contributed by atoms with Gasteiger partial charge in [-0.25, -0.2) is 4.98 Å². The zero-order chi connectivity index (χ0) is 22.4. The van der Waals surface area contributed by atoms with Crippen molar-refractivity contribution in [3.63, 3.8) is 0 Å². The smallest absolute Gasteiger partial charge is 0.388 e. The molecule has 0 saturated heterocycles. The lowest BCUT2D eigenvalue weighted by molar-refractivity contribution is -0.141. The summed E-state index contributed by atoms with van der Waals surface area (Å²) in [4.78, 5) is 30.4. The number of amides is 2. The Balaban J connectivity index is 1.92. The number of carbonyl (C=O) groups is 2. The molecule has 160 valence electrons. The number of fused-ring (bicyclic) bond motifs is 1. The number of anilines is 1. The molecule has 1 aromatic carbocycles. The van der Waals surface area contributed by atoms with Crippen LogP contribution in [0.1, 0.15) is 52.9 Å². The number of nitrogens with zero attached hydrogens (tertiary/aromatic N) is 2. The van der Waals surface area contributed by atoms with E-state index in [0.717, 1.165) is 6.07 Å². The van der Waals surface area contributed by atoms with Crippen LogP contribution in [0.15, 0.2) is 30.3 Å². The minimum absolute atomic E-state index is 0.128. The molecular formula is C20H19ClF3N3O3. The number of aromatic nitrogens is 1. The van der Waals surface area contributed by atoms with E-state index in [1.54, 1.807) is 32.9 Å². The lowest BCUT2D eigenvalue weighted by atomic mass is 9.99. The third-order valence-corrected chi connectivity index (χ3v) is 5.36. The van der Waals surface area contributed by atoms with Gasteiger partial charge in [0, 0.05) is 6.54 Å². The predicted molar refractivity (Wildman–Crippen MR) is 104 cm³/mol.